The molecule has 1 spiro atoms. The molecule has 0 aromatic carbocycles. The average Bonchev–Trinajstić information content (AvgIpc) is 2.76. The highest BCUT2D eigenvalue weighted by Gasteiger charge is 2.53. The molecule has 10 nitrogen and oxygen atoms in total. The fourth-order valence-electron chi connectivity index (χ4n) is 3.63. The normalized spacial score (nSPS) is 25.3. The van der Waals surface area contributed by atoms with Gasteiger partial charge in [0.05, 0.1) is 0 Å². The van der Waals surface area contributed by atoms with Crippen LogP contribution in [0, 0.1) is 11.3 Å². The summed E-state index contributed by atoms with van der Waals surface area (Å²) in [4.78, 5) is 59.4. The second kappa shape index (κ2) is 7.53. The predicted molar refractivity (Wildman–Crippen MR) is 93.1 cm³/mol. The molecule has 2 rings (SSSR count). The molecule has 1 saturated heterocycles. The molecule has 27 heavy (non-hydrogen) atoms. The van der Waals surface area contributed by atoms with Crippen molar-refractivity contribution >= 4 is 29.8 Å². The number of nitrogens with zero attached hydrogens (tertiary/aromatic N) is 1. The van der Waals surface area contributed by atoms with Crippen molar-refractivity contribution in [2.45, 2.75) is 52.0 Å². The number of hydrogen-bond donors (Lipinski definition) is 3. The molecule has 1 saturated carbocycles. The second-order valence-corrected chi connectivity index (χ2v) is 8.12. The Bertz CT molecular complexity index is 661. The number of hydrogen-bond acceptors (Lipinski definition) is 6. The summed E-state index contributed by atoms with van der Waals surface area (Å²) in [7, 11) is 0. The van der Waals surface area contributed by atoms with Crippen molar-refractivity contribution in [3.63, 3.8) is 0 Å². The summed E-state index contributed by atoms with van der Waals surface area (Å²) in [6, 6.07) is -1.72. The van der Waals surface area contributed by atoms with E-state index >= 15 is 0 Å². The number of carbonyl (C=O) groups excluding carboxylic acids is 5. The first-order chi connectivity index (χ1) is 12.4. The van der Waals surface area contributed by atoms with E-state index in [1.165, 1.54) is 0 Å². The minimum absolute atomic E-state index is 0.127. The molecule has 10 heteroatoms. The molecule has 0 bridgehead atoms. The van der Waals surface area contributed by atoms with Crippen molar-refractivity contribution in [1.29, 1.82) is 0 Å². The maximum atomic E-state index is 12.8. The van der Waals surface area contributed by atoms with Crippen molar-refractivity contribution in [3.8, 4) is 0 Å². The lowest BCUT2D eigenvalue weighted by Crippen LogP contribution is -2.50. The van der Waals surface area contributed by atoms with Gasteiger partial charge in [0.2, 0.25) is 0 Å². The Labute approximate surface area is 157 Å². The van der Waals surface area contributed by atoms with E-state index in [2.05, 4.69) is 30.8 Å². The highest BCUT2D eigenvalue weighted by molar-refractivity contribution is 6.08. The van der Waals surface area contributed by atoms with Gasteiger partial charge in [-0.1, -0.05) is 20.8 Å². The topological polar surface area (TPSA) is 148 Å². The lowest BCUT2D eigenvalue weighted by Gasteiger charge is -2.40. The van der Waals surface area contributed by atoms with E-state index in [9.17, 15) is 24.0 Å². The van der Waals surface area contributed by atoms with Crippen LogP contribution in [-0.2, 0) is 19.1 Å². The molecule has 0 aromatic rings. The van der Waals surface area contributed by atoms with E-state index in [1.54, 1.807) is 5.32 Å². The van der Waals surface area contributed by atoms with E-state index in [4.69, 9.17) is 5.73 Å². The molecule has 0 aromatic heterocycles. The maximum Gasteiger partial charge on any atom is 0.326 e. The van der Waals surface area contributed by atoms with Crippen LogP contribution in [0.2, 0.25) is 0 Å². The molecular weight excluding hydrogens is 356 g/mol. The van der Waals surface area contributed by atoms with E-state index in [0.717, 1.165) is 17.7 Å². The van der Waals surface area contributed by atoms with Crippen LogP contribution < -0.4 is 16.4 Å². The van der Waals surface area contributed by atoms with Gasteiger partial charge in [0.15, 0.2) is 6.61 Å². The van der Waals surface area contributed by atoms with Gasteiger partial charge in [0.25, 0.3) is 11.8 Å². The number of urea groups is 2. The van der Waals surface area contributed by atoms with Gasteiger partial charge >= 0.3 is 18.0 Å². The van der Waals surface area contributed by atoms with Gasteiger partial charge in [-0.2, -0.15) is 0 Å². The summed E-state index contributed by atoms with van der Waals surface area (Å²) >= 11 is 0. The van der Waals surface area contributed by atoms with Crippen LogP contribution in [0.25, 0.3) is 0 Å². The quantitative estimate of drug-likeness (QED) is 0.469. The van der Waals surface area contributed by atoms with Crippen LogP contribution in [0.5, 0.6) is 0 Å². The summed E-state index contributed by atoms with van der Waals surface area (Å²) in [6.07, 6.45) is 2.65. The highest BCUT2D eigenvalue weighted by Crippen LogP contribution is 2.43. The number of primary amides is 1. The minimum atomic E-state index is -1.07. The van der Waals surface area contributed by atoms with Gasteiger partial charge in [0, 0.05) is 0 Å². The smallest absolute Gasteiger partial charge is 0.326 e. The molecule has 2 aliphatic rings. The number of nitrogens with two attached hydrogens (primary N) is 1. The lowest BCUT2D eigenvalue weighted by atomic mass is 9.67. The standard InChI is InChI=1S/C17H26N4O6/c1-16(2,3)10-4-6-17(7-5-10)13(24)21(15(26)20-17)8-12(23)27-9-11(22)19-14(18)25/h10H,4-9H2,1-3H3,(H,20,26)(H3,18,19,22,25). The van der Waals surface area contributed by atoms with Crippen molar-refractivity contribution < 1.29 is 28.7 Å². The van der Waals surface area contributed by atoms with Crippen LogP contribution in [0.15, 0.2) is 0 Å². The Morgan fingerprint density at radius 1 is 1.26 bits per heavy atom. The Balaban J connectivity index is 1.92. The molecule has 1 aliphatic heterocycles. The third kappa shape index (κ3) is 4.75. The molecule has 0 unspecified atom stereocenters. The molecule has 1 aliphatic carbocycles. The van der Waals surface area contributed by atoms with Gasteiger partial charge in [0.1, 0.15) is 12.1 Å². The van der Waals surface area contributed by atoms with Gasteiger partial charge in [-0.3, -0.25) is 24.6 Å². The summed E-state index contributed by atoms with van der Waals surface area (Å²) in [5, 5.41) is 4.46. The van der Waals surface area contributed by atoms with E-state index in [1.807, 2.05) is 0 Å². The van der Waals surface area contributed by atoms with Gasteiger partial charge in [-0.15, -0.1) is 0 Å². The molecule has 0 atom stereocenters. The number of carbonyl (C=O) groups is 5. The first kappa shape index (κ1) is 20.7. The number of ether oxygens (including phenoxy) is 1. The maximum absolute atomic E-state index is 12.8. The predicted octanol–water partition coefficient (Wildman–Crippen LogP) is 0.251. The summed E-state index contributed by atoms with van der Waals surface area (Å²) in [6.45, 7) is 5.13. The Kier molecular flexibility index (Phi) is 5.76. The number of nitrogens with one attached hydrogen (secondary N) is 2. The van der Waals surface area contributed by atoms with Gasteiger partial charge in [-0.05, 0) is 37.0 Å². The third-order valence-electron chi connectivity index (χ3n) is 5.22. The van der Waals surface area contributed by atoms with Crippen molar-refractivity contribution in [3.05, 3.63) is 0 Å². The zero-order valence-electron chi connectivity index (χ0n) is 15.8. The zero-order valence-corrected chi connectivity index (χ0v) is 15.8. The molecule has 6 amide bonds. The van der Waals surface area contributed by atoms with Crippen LogP contribution in [-0.4, -0.2) is 53.4 Å². The summed E-state index contributed by atoms with van der Waals surface area (Å²) in [5.74, 6) is -1.82. The lowest BCUT2D eigenvalue weighted by molar-refractivity contribution is -0.151. The van der Waals surface area contributed by atoms with Gasteiger partial charge in [-0.25, -0.2) is 9.59 Å². The van der Waals surface area contributed by atoms with Gasteiger partial charge < -0.3 is 15.8 Å². The minimum Gasteiger partial charge on any atom is -0.454 e. The van der Waals surface area contributed by atoms with E-state index in [0.29, 0.717) is 18.8 Å². The van der Waals surface area contributed by atoms with Crippen molar-refractivity contribution in [1.82, 2.24) is 15.5 Å². The largest absolute Gasteiger partial charge is 0.454 e. The fraction of sp³-hybridized carbons (Fsp3) is 0.706. The number of esters is 1. The highest BCUT2D eigenvalue weighted by atomic mass is 16.5. The number of rotatable bonds is 4. The van der Waals surface area contributed by atoms with Crippen molar-refractivity contribution in [2.24, 2.45) is 17.1 Å². The molecular formula is C17H26N4O6. The second-order valence-electron chi connectivity index (χ2n) is 8.12. The fourth-order valence-corrected chi connectivity index (χ4v) is 3.63. The van der Waals surface area contributed by atoms with Crippen LogP contribution in [0.1, 0.15) is 46.5 Å². The Morgan fingerprint density at radius 3 is 2.37 bits per heavy atom. The molecule has 150 valence electrons. The van der Waals surface area contributed by atoms with E-state index < -0.39 is 48.5 Å². The monoisotopic (exact) mass is 382 g/mol. The molecule has 0 radical (unpaired) electrons. The number of imide groups is 2. The van der Waals surface area contributed by atoms with Crippen LogP contribution in [0.4, 0.5) is 9.59 Å². The summed E-state index contributed by atoms with van der Waals surface area (Å²) < 4.78 is 4.67. The van der Waals surface area contributed by atoms with E-state index in [-0.39, 0.29) is 5.41 Å². The summed E-state index contributed by atoms with van der Waals surface area (Å²) in [5.41, 5.74) is 3.92. The third-order valence-corrected chi connectivity index (χ3v) is 5.22. The Hall–Kier alpha value is -2.65. The molecule has 4 N–H and O–H groups in total. The zero-order chi connectivity index (χ0) is 20.4. The first-order valence-corrected chi connectivity index (χ1v) is 8.83. The first-order valence-electron chi connectivity index (χ1n) is 8.83. The average molecular weight is 382 g/mol. The molecule has 2 fully saturated rings. The SMILES string of the molecule is CC(C)(C)C1CCC2(CC1)NC(=O)N(CC(=O)OCC(=O)NC(N)=O)C2=O. The van der Waals surface area contributed by atoms with Crippen LogP contribution >= 0.6 is 0 Å². The Morgan fingerprint density at radius 2 is 1.85 bits per heavy atom. The number of amides is 6. The molecule has 1 heterocycles. The van der Waals surface area contributed by atoms with Crippen LogP contribution in [0.3, 0.4) is 0 Å². The van der Waals surface area contributed by atoms with Crippen molar-refractivity contribution in [2.75, 3.05) is 13.2 Å².